The van der Waals surface area contributed by atoms with Crippen molar-refractivity contribution in [2.24, 2.45) is 11.1 Å². The number of nitrogens with two attached hydrogens (primary N) is 1. The number of hydrogen-bond donors (Lipinski definition) is 1. The Bertz CT molecular complexity index is 127. The Labute approximate surface area is 78.3 Å². The molecule has 0 bridgehead atoms. The zero-order chi connectivity index (χ0) is 9.03. The second kappa shape index (κ2) is 4.47. The van der Waals surface area contributed by atoms with Crippen LogP contribution in [0.3, 0.4) is 0 Å². The summed E-state index contributed by atoms with van der Waals surface area (Å²) in [6.07, 6.45) is 2.17. The summed E-state index contributed by atoms with van der Waals surface area (Å²) in [4.78, 5) is 0. The van der Waals surface area contributed by atoms with Crippen molar-refractivity contribution in [2.75, 3.05) is 18.1 Å². The van der Waals surface area contributed by atoms with E-state index in [2.05, 4.69) is 0 Å². The van der Waals surface area contributed by atoms with E-state index in [4.69, 9.17) is 5.73 Å². The molecule has 1 fully saturated rings. The van der Waals surface area contributed by atoms with Gasteiger partial charge >= 0.3 is 0 Å². The summed E-state index contributed by atoms with van der Waals surface area (Å²) in [6.45, 7) is 2.31. The van der Waals surface area contributed by atoms with E-state index in [1.165, 1.54) is 0 Å². The molecule has 1 rings (SSSR count). The van der Waals surface area contributed by atoms with E-state index in [1.807, 2.05) is 11.8 Å². The molecule has 0 spiro atoms. The lowest BCUT2D eigenvalue weighted by molar-refractivity contribution is 0.0992. The Morgan fingerprint density at radius 3 is 2.50 bits per heavy atom. The molecular weight excluding hydrogens is 173 g/mol. The van der Waals surface area contributed by atoms with Crippen LogP contribution in [-0.2, 0) is 0 Å². The maximum atomic E-state index is 13.4. The van der Waals surface area contributed by atoms with Crippen molar-refractivity contribution in [3.63, 3.8) is 0 Å². The third-order valence-electron chi connectivity index (χ3n) is 2.97. The zero-order valence-electron chi connectivity index (χ0n) is 7.68. The van der Waals surface area contributed by atoms with Crippen molar-refractivity contribution in [1.82, 2.24) is 0 Å². The summed E-state index contributed by atoms with van der Waals surface area (Å²) in [7, 11) is 0. The van der Waals surface area contributed by atoms with E-state index in [-0.39, 0.29) is 5.41 Å². The number of halogens is 1. The minimum Gasteiger partial charge on any atom is -0.330 e. The fraction of sp³-hybridized carbons (Fsp3) is 1.00. The van der Waals surface area contributed by atoms with Gasteiger partial charge in [-0.15, -0.1) is 0 Å². The Kier molecular flexibility index (Phi) is 3.84. The number of rotatable bonds is 3. The largest absolute Gasteiger partial charge is 0.330 e. The minimum atomic E-state index is -0.693. The molecule has 1 unspecified atom stereocenters. The topological polar surface area (TPSA) is 26.0 Å². The fourth-order valence-electron chi connectivity index (χ4n) is 1.91. The van der Waals surface area contributed by atoms with Gasteiger partial charge in [-0.2, -0.15) is 11.8 Å². The van der Waals surface area contributed by atoms with Crippen LogP contribution >= 0.6 is 11.8 Å². The molecule has 1 saturated heterocycles. The van der Waals surface area contributed by atoms with Gasteiger partial charge in [-0.1, -0.05) is 0 Å². The lowest BCUT2D eigenvalue weighted by atomic mass is 9.75. The third-order valence-corrected chi connectivity index (χ3v) is 3.96. The van der Waals surface area contributed by atoms with Crippen molar-refractivity contribution in [3.05, 3.63) is 0 Å². The highest BCUT2D eigenvalue weighted by atomic mass is 32.2. The zero-order valence-corrected chi connectivity index (χ0v) is 8.50. The Balaban J connectivity index is 2.56. The highest BCUT2D eigenvalue weighted by molar-refractivity contribution is 7.99. The molecule has 12 heavy (non-hydrogen) atoms. The molecule has 0 aromatic heterocycles. The average molecular weight is 191 g/mol. The monoisotopic (exact) mass is 191 g/mol. The molecule has 0 aromatic rings. The van der Waals surface area contributed by atoms with Crippen molar-refractivity contribution >= 4 is 11.8 Å². The van der Waals surface area contributed by atoms with Crippen LogP contribution in [0.15, 0.2) is 0 Å². The average Bonchev–Trinajstić information content (AvgIpc) is 2.06. The fourth-order valence-corrected chi connectivity index (χ4v) is 3.22. The van der Waals surface area contributed by atoms with Gasteiger partial charge in [0.1, 0.15) is 6.17 Å². The molecule has 1 atom stereocenters. The normalized spacial score (nSPS) is 25.2. The van der Waals surface area contributed by atoms with Gasteiger partial charge in [0.2, 0.25) is 0 Å². The summed E-state index contributed by atoms with van der Waals surface area (Å²) in [5.74, 6) is 2.21. The van der Waals surface area contributed by atoms with Gasteiger partial charge in [0, 0.05) is 5.41 Å². The predicted octanol–water partition coefficient (Wildman–Crippen LogP) is 2.21. The molecule has 2 N–H and O–H groups in total. The molecule has 1 heterocycles. The van der Waals surface area contributed by atoms with Crippen LogP contribution < -0.4 is 5.73 Å². The van der Waals surface area contributed by atoms with E-state index < -0.39 is 6.17 Å². The highest BCUT2D eigenvalue weighted by Gasteiger charge is 2.36. The first-order valence-electron chi connectivity index (χ1n) is 4.63. The first kappa shape index (κ1) is 10.3. The lowest BCUT2D eigenvalue weighted by Crippen LogP contribution is -2.36. The van der Waals surface area contributed by atoms with E-state index in [9.17, 15) is 4.39 Å². The molecule has 72 valence electrons. The van der Waals surface area contributed by atoms with Crippen LogP contribution in [0, 0.1) is 5.41 Å². The Morgan fingerprint density at radius 2 is 2.08 bits per heavy atom. The molecule has 3 heteroatoms. The van der Waals surface area contributed by atoms with Crippen molar-refractivity contribution in [1.29, 1.82) is 0 Å². The Morgan fingerprint density at radius 1 is 1.50 bits per heavy atom. The van der Waals surface area contributed by atoms with E-state index in [0.717, 1.165) is 30.8 Å². The summed E-state index contributed by atoms with van der Waals surface area (Å²) >= 11 is 1.93. The molecule has 0 aromatic carbocycles. The van der Waals surface area contributed by atoms with Crippen LogP contribution in [0.2, 0.25) is 0 Å². The highest BCUT2D eigenvalue weighted by Crippen LogP contribution is 2.41. The maximum absolute atomic E-state index is 13.4. The van der Waals surface area contributed by atoms with Crippen molar-refractivity contribution < 1.29 is 4.39 Å². The van der Waals surface area contributed by atoms with Gasteiger partial charge in [0.15, 0.2) is 0 Å². The number of hydrogen-bond acceptors (Lipinski definition) is 2. The van der Waals surface area contributed by atoms with Crippen LogP contribution in [0.4, 0.5) is 4.39 Å². The predicted molar refractivity (Wildman–Crippen MR) is 53.2 cm³/mol. The molecular formula is C9H18FNS. The van der Waals surface area contributed by atoms with Gasteiger partial charge in [-0.25, -0.2) is 4.39 Å². The minimum absolute atomic E-state index is 0.0833. The molecule has 1 aliphatic heterocycles. The van der Waals surface area contributed by atoms with Crippen LogP contribution in [0.25, 0.3) is 0 Å². The van der Waals surface area contributed by atoms with E-state index >= 15 is 0 Å². The van der Waals surface area contributed by atoms with Gasteiger partial charge in [-0.05, 0) is 44.2 Å². The van der Waals surface area contributed by atoms with E-state index in [0.29, 0.717) is 6.54 Å². The lowest BCUT2D eigenvalue weighted by Gasteiger charge is -2.38. The summed E-state index contributed by atoms with van der Waals surface area (Å²) in [5, 5.41) is 0. The van der Waals surface area contributed by atoms with Crippen LogP contribution in [0.1, 0.15) is 26.2 Å². The molecule has 0 aliphatic carbocycles. The standard InChI is InChI=1S/C9H18FNS/c1-8(10)9(2-5-11)3-6-12-7-4-9/h8H,2-7,11H2,1H3. The second-order valence-electron chi connectivity index (χ2n) is 3.63. The van der Waals surface area contributed by atoms with Crippen molar-refractivity contribution in [3.8, 4) is 0 Å². The molecule has 0 amide bonds. The van der Waals surface area contributed by atoms with Gasteiger partial charge in [0.05, 0.1) is 0 Å². The van der Waals surface area contributed by atoms with Gasteiger partial charge < -0.3 is 5.73 Å². The smallest absolute Gasteiger partial charge is 0.103 e. The maximum Gasteiger partial charge on any atom is 0.103 e. The first-order chi connectivity index (χ1) is 5.71. The number of alkyl halides is 1. The Hall–Kier alpha value is 0.240. The molecule has 1 aliphatic rings. The first-order valence-corrected chi connectivity index (χ1v) is 5.79. The third kappa shape index (κ3) is 2.13. The molecule has 1 nitrogen and oxygen atoms in total. The SMILES string of the molecule is CC(F)C1(CCN)CCSCC1. The summed E-state index contributed by atoms with van der Waals surface area (Å²) in [6, 6.07) is 0. The summed E-state index contributed by atoms with van der Waals surface area (Å²) < 4.78 is 13.4. The summed E-state index contributed by atoms with van der Waals surface area (Å²) in [5.41, 5.74) is 5.43. The second-order valence-corrected chi connectivity index (χ2v) is 4.85. The quantitative estimate of drug-likeness (QED) is 0.740. The molecule has 0 saturated carbocycles. The van der Waals surface area contributed by atoms with Gasteiger partial charge in [0.25, 0.3) is 0 Å². The molecule has 0 radical (unpaired) electrons. The van der Waals surface area contributed by atoms with E-state index in [1.54, 1.807) is 6.92 Å². The van der Waals surface area contributed by atoms with Crippen molar-refractivity contribution in [2.45, 2.75) is 32.4 Å². The van der Waals surface area contributed by atoms with Gasteiger partial charge in [-0.3, -0.25) is 0 Å². The number of thioether (sulfide) groups is 1. The van der Waals surface area contributed by atoms with Crippen LogP contribution in [0.5, 0.6) is 0 Å². The van der Waals surface area contributed by atoms with Crippen LogP contribution in [-0.4, -0.2) is 24.2 Å².